The molecule has 9 heteroatoms. The fourth-order valence-corrected chi connectivity index (χ4v) is 4.61. The van der Waals surface area contributed by atoms with Gasteiger partial charge in [0.2, 0.25) is 5.75 Å². The van der Waals surface area contributed by atoms with Crippen molar-refractivity contribution in [1.82, 2.24) is 5.32 Å². The number of hydrogen-bond acceptors (Lipinski definition) is 6. The quantitative estimate of drug-likeness (QED) is 0.301. The Labute approximate surface area is 201 Å². The van der Waals surface area contributed by atoms with Gasteiger partial charge in [0.1, 0.15) is 19.8 Å². The fraction of sp³-hybridized carbons (Fsp3) is 0.217. The van der Waals surface area contributed by atoms with Crippen molar-refractivity contribution in [1.29, 1.82) is 0 Å². The summed E-state index contributed by atoms with van der Waals surface area (Å²) in [5.41, 5.74) is 1.48. The molecule has 0 saturated heterocycles. The van der Waals surface area contributed by atoms with E-state index in [0.29, 0.717) is 55.8 Å². The largest absolute Gasteiger partial charge is 0.488 e. The Morgan fingerprint density at radius 2 is 1.75 bits per heavy atom. The number of hydrogen-bond donors (Lipinski definition) is 2. The Morgan fingerprint density at radius 1 is 0.969 bits per heavy atom. The van der Waals surface area contributed by atoms with Crippen molar-refractivity contribution in [2.45, 2.75) is 11.4 Å². The van der Waals surface area contributed by atoms with Gasteiger partial charge in [-0.1, -0.05) is 18.2 Å². The number of anilines is 1. The highest BCUT2D eigenvalue weighted by Gasteiger charge is 2.16. The van der Waals surface area contributed by atoms with Crippen molar-refractivity contribution in [3.8, 4) is 17.2 Å². The maximum absolute atomic E-state index is 12.6. The van der Waals surface area contributed by atoms with Crippen molar-refractivity contribution in [3.63, 3.8) is 0 Å². The average molecular weight is 566 g/mol. The molecule has 0 atom stereocenters. The van der Waals surface area contributed by atoms with Gasteiger partial charge in [-0.15, -0.1) is 0 Å². The molecule has 4 rings (SSSR count). The molecule has 0 bridgehead atoms. The van der Waals surface area contributed by atoms with E-state index in [-0.39, 0.29) is 4.90 Å². The molecule has 0 fully saturated rings. The fourth-order valence-electron chi connectivity index (χ4n) is 3.20. The zero-order valence-corrected chi connectivity index (χ0v) is 20.2. The summed E-state index contributed by atoms with van der Waals surface area (Å²) in [6.45, 7) is 2.70. The predicted octanol–water partition coefficient (Wildman–Crippen LogP) is 4.03. The number of fused-ring (bicyclic) bond motifs is 1. The lowest BCUT2D eigenvalue weighted by atomic mass is 10.2. The molecule has 0 radical (unpaired) electrons. The zero-order valence-electron chi connectivity index (χ0n) is 17.2. The minimum Gasteiger partial charge on any atom is -0.488 e. The van der Waals surface area contributed by atoms with Gasteiger partial charge in [0.05, 0.1) is 4.90 Å². The third kappa shape index (κ3) is 5.84. The zero-order chi connectivity index (χ0) is 22.4. The lowest BCUT2D eigenvalue weighted by molar-refractivity contribution is 0.162. The normalized spacial score (nSPS) is 12.9. The second kappa shape index (κ2) is 10.4. The summed E-state index contributed by atoms with van der Waals surface area (Å²) in [6, 6.07) is 19.6. The first-order chi connectivity index (χ1) is 15.5. The van der Waals surface area contributed by atoms with Gasteiger partial charge in [-0.05, 0) is 76.7 Å². The van der Waals surface area contributed by atoms with Crippen molar-refractivity contribution < 1.29 is 22.6 Å². The minimum absolute atomic E-state index is 0.232. The Balaban J connectivity index is 1.28. The maximum atomic E-state index is 12.6. The molecule has 3 aromatic carbocycles. The monoisotopic (exact) mass is 566 g/mol. The van der Waals surface area contributed by atoms with Gasteiger partial charge in [-0.25, -0.2) is 8.42 Å². The molecule has 0 aliphatic carbocycles. The van der Waals surface area contributed by atoms with Gasteiger partial charge in [0.15, 0.2) is 11.5 Å². The molecule has 0 amide bonds. The minimum atomic E-state index is -3.63. The summed E-state index contributed by atoms with van der Waals surface area (Å²) in [5, 5.41) is 3.30. The molecule has 1 aliphatic rings. The summed E-state index contributed by atoms with van der Waals surface area (Å²) in [5.74, 6) is 2.01. The second-order valence-electron chi connectivity index (χ2n) is 7.07. The van der Waals surface area contributed by atoms with Crippen LogP contribution >= 0.6 is 22.6 Å². The van der Waals surface area contributed by atoms with E-state index in [1.165, 1.54) is 0 Å². The van der Waals surface area contributed by atoms with Crippen LogP contribution in [0.5, 0.6) is 17.2 Å². The van der Waals surface area contributed by atoms with Crippen LogP contribution in [0.25, 0.3) is 0 Å². The topological polar surface area (TPSA) is 85.9 Å². The SMILES string of the molecule is O=S(=O)(Nc1cccc(CNCCOc2cccc3c2OCCO3)c1)c1ccc(I)cc1. The summed E-state index contributed by atoms with van der Waals surface area (Å²) in [4.78, 5) is 0.232. The van der Waals surface area contributed by atoms with Crippen LogP contribution in [-0.2, 0) is 16.6 Å². The lowest BCUT2D eigenvalue weighted by Crippen LogP contribution is -2.21. The van der Waals surface area contributed by atoms with Crippen molar-refractivity contribution in [2.24, 2.45) is 0 Å². The summed E-state index contributed by atoms with van der Waals surface area (Å²) < 4.78 is 45.8. The Kier molecular flexibility index (Phi) is 7.38. The number of rotatable bonds is 9. The molecule has 1 aliphatic heterocycles. The molecular weight excluding hydrogens is 543 g/mol. The van der Waals surface area contributed by atoms with Crippen molar-refractivity contribution in [2.75, 3.05) is 31.1 Å². The van der Waals surface area contributed by atoms with Gasteiger partial charge in [-0.3, -0.25) is 4.72 Å². The van der Waals surface area contributed by atoms with Gasteiger partial charge in [-0.2, -0.15) is 0 Å². The molecule has 0 aromatic heterocycles. The van der Waals surface area contributed by atoms with Crippen LogP contribution < -0.4 is 24.2 Å². The number of benzene rings is 3. The summed E-state index contributed by atoms with van der Waals surface area (Å²) >= 11 is 2.14. The number of halogens is 1. The maximum Gasteiger partial charge on any atom is 0.261 e. The first-order valence-corrected chi connectivity index (χ1v) is 12.7. The van der Waals surface area contributed by atoms with E-state index in [9.17, 15) is 8.42 Å². The first kappa shape index (κ1) is 22.7. The van der Waals surface area contributed by atoms with Gasteiger partial charge >= 0.3 is 0 Å². The number of sulfonamides is 1. The number of para-hydroxylation sites is 1. The lowest BCUT2D eigenvalue weighted by Gasteiger charge is -2.20. The second-order valence-corrected chi connectivity index (χ2v) is 9.99. The van der Waals surface area contributed by atoms with E-state index in [2.05, 4.69) is 32.6 Å². The molecule has 168 valence electrons. The Morgan fingerprint density at radius 3 is 2.59 bits per heavy atom. The first-order valence-electron chi connectivity index (χ1n) is 10.1. The van der Waals surface area contributed by atoms with Crippen LogP contribution in [0.1, 0.15) is 5.56 Å². The predicted molar refractivity (Wildman–Crippen MR) is 131 cm³/mol. The molecule has 0 spiro atoms. The number of nitrogens with one attached hydrogen (secondary N) is 2. The smallest absolute Gasteiger partial charge is 0.261 e. The molecule has 1 heterocycles. The van der Waals surface area contributed by atoms with Crippen LogP contribution in [0.4, 0.5) is 5.69 Å². The van der Waals surface area contributed by atoms with E-state index < -0.39 is 10.0 Å². The van der Waals surface area contributed by atoms with Gasteiger partial charge in [0, 0.05) is 22.3 Å². The summed E-state index contributed by atoms with van der Waals surface area (Å²) in [6.07, 6.45) is 0. The molecule has 0 saturated carbocycles. The molecule has 32 heavy (non-hydrogen) atoms. The van der Waals surface area contributed by atoms with Crippen molar-refractivity contribution >= 4 is 38.3 Å². The van der Waals surface area contributed by atoms with E-state index in [1.807, 2.05) is 36.4 Å². The summed E-state index contributed by atoms with van der Waals surface area (Å²) in [7, 11) is -3.63. The highest BCUT2D eigenvalue weighted by Crippen LogP contribution is 2.38. The third-order valence-corrected chi connectivity index (χ3v) is 6.82. The molecule has 7 nitrogen and oxygen atoms in total. The third-order valence-electron chi connectivity index (χ3n) is 4.70. The van der Waals surface area contributed by atoms with Crippen LogP contribution in [0.15, 0.2) is 71.6 Å². The molecule has 0 unspecified atom stereocenters. The van der Waals surface area contributed by atoms with Crippen LogP contribution in [0.2, 0.25) is 0 Å². The standard InChI is InChI=1S/C23H23IN2O5S/c24-18-7-9-20(10-8-18)32(27,28)26-19-4-1-3-17(15-19)16-25-11-12-29-21-5-2-6-22-23(21)31-14-13-30-22/h1-10,15,25-26H,11-14,16H2. The van der Waals surface area contributed by atoms with E-state index in [1.54, 1.807) is 30.3 Å². The van der Waals surface area contributed by atoms with E-state index in [0.717, 1.165) is 9.13 Å². The van der Waals surface area contributed by atoms with Crippen LogP contribution in [-0.4, -0.2) is 34.8 Å². The molecular formula is C23H23IN2O5S. The van der Waals surface area contributed by atoms with Crippen LogP contribution in [0, 0.1) is 3.57 Å². The average Bonchev–Trinajstić information content (AvgIpc) is 2.79. The highest BCUT2D eigenvalue weighted by molar-refractivity contribution is 14.1. The molecule has 3 aromatic rings. The highest BCUT2D eigenvalue weighted by atomic mass is 127. The van der Waals surface area contributed by atoms with E-state index >= 15 is 0 Å². The van der Waals surface area contributed by atoms with E-state index in [4.69, 9.17) is 14.2 Å². The Bertz CT molecular complexity index is 1170. The van der Waals surface area contributed by atoms with Gasteiger partial charge in [0.25, 0.3) is 10.0 Å². The molecule has 2 N–H and O–H groups in total. The Hall–Kier alpha value is -2.50. The van der Waals surface area contributed by atoms with Crippen molar-refractivity contribution in [3.05, 3.63) is 75.9 Å². The van der Waals surface area contributed by atoms with Crippen LogP contribution in [0.3, 0.4) is 0 Å². The van der Waals surface area contributed by atoms with Gasteiger partial charge < -0.3 is 19.5 Å². The number of ether oxygens (including phenoxy) is 3.